The Hall–Kier alpha value is -0.120. The lowest BCUT2D eigenvalue weighted by Gasteiger charge is -2.55. The lowest BCUT2D eigenvalue weighted by molar-refractivity contribution is -0.119. The first-order chi connectivity index (χ1) is 9.52. The lowest BCUT2D eigenvalue weighted by atomic mass is 9.64. The van der Waals surface area contributed by atoms with Gasteiger partial charge in [0.2, 0.25) is 0 Å². The molecule has 3 heteroatoms. The molecule has 0 aromatic rings. The minimum atomic E-state index is 0.300. The monoisotopic (exact) mass is 280 g/mol. The molecule has 116 valence electrons. The molecule has 0 radical (unpaired) electrons. The Bertz CT molecular complexity index is 330. The van der Waals surface area contributed by atoms with Crippen LogP contribution in [-0.2, 0) is 4.74 Å². The van der Waals surface area contributed by atoms with Gasteiger partial charge in [-0.1, -0.05) is 20.3 Å². The van der Waals surface area contributed by atoms with Crippen LogP contribution in [0.5, 0.6) is 0 Å². The highest BCUT2D eigenvalue weighted by atomic mass is 16.5. The first-order valence-corrected chi connectivity index (χ1v) is 8.62. The fourth-order valence-electron chi connectivity index (χ4n) is 4.69. The second-order valence-electron chi connectivity index (χ2n) is 7.79. The maximum atomic E-state index is 5.86. The summed E-state index contributed by atoms with van der Waals surface area (Å²) in [6, 6.07) is 3.03. The molecule has 1 aliphatic carbocycles. The number of nitrogens with zero attached hydrogens (tertiary/aromatic N) is 1. The summed E-state index contributed by atoms with van der Waals surface area (Å²) >= 11 is 0. The van der Waals surface area contributed by atoms with Gasteiger partial charge in [0.1, 0.15) is 0 Å². The molecular weight excluding hydrogens is 248 g/mol. The van der Waals surface area contributed by atoms with Crippen LogP contribution in [0.4, 0.5) is 0 Å². The second kappa shape index (κ2) is 5.58. The number of ether oxygens (including phenoxy) is 1. The molecule has 20 heavy (non-hydrogen) atoms. The standard InChI is InChI=1S/C17H32N2O/c1-5-20-16-11-15(17(16,2)3)18-12-9-13-7-6-8-14(10-12)19(13)4/h12-16,18H,5-11H2,1-4H3. The first-order valence-electron chi connectivity index (χ1n) is 8.62. The molecule has 2 saturated heterocycles. The van der Waals surface area contributed by atoms with Crippen molar-refractivity contribution < 1.29 is 4.74 Å². The average molecular weight is 280 g/mol. The largest absolute Gasteiger partial charge is 0.378 e. The van der Waals surface area contributed by atoms with Crippen molar-refractivity contribution in [2.75, 3.05) is 13.7 Å². The normalized spacial score (nSPS) is 44.1. The molecule has 3 aliphatic rings. The summed E-state index contributed by atoms with van der Waals surface area (Å²) in [4.78, 5) is 2.65. The van der Waals surface area contributed by atoms with E-state index in [1.54, 1.807) is 0 Å². The van der Waals surface area contributed by atoms with Gasteiger partial charge in [0.25, 0.3) is 0 Å². The van der Waals surface area contributed by atoms with E-state index in [2.05, 4.69) is 38.0 Å². The highest BCUT2D eigenvalue weighted by Crippen LogP contribution is 2.44. The van der Waals surface area contributed by atoms with Gasteiger partial charge >= 0.3 is 0 Å². The van der Waals surface area contributed by atoms with Crippen molar-refractivity contribution in [2.45, 2.75) is 89.6 Å². The van der Waals surface area contributed by atoms with Gasteiger partial charge in [-0.2, -0.15) is 0 Å². The van der Waals surface area contributed by atoms with Gasteiger partial charge in [-0.25, -0.2) is 0 Å². The van der Waals surface area contributed by atoms with Gasteiger partial charge in [-0.15, -0.1) is 0 Å². The topological polar surface area (TPSA) is 24.5 Å². The van der Waals surface area contributed by atoms with Crippen molar-refractivity contribution in [3.05, 3.63) is 0 Å². The number of hydrogen-bond donors (Lipinski definition) is 1. The molecule has 2 heterocycles. The molecule has 0 spiro atoms. The van der Waals surface area contributed by atoms with E-state index < -0.39 is 0 Å². The van der Waals surface area contributed by atoms with Crippen LogP contribution in [0.2, 0.25) is 0 Å². The summed E-state index contributed by atoms with van der Waals surface area (Å²) < 4.78 is 5.86. The molecule has 3 nitrogen and oxygen atoms in total. The molecule has 0 aromatic heterocycles. The number of fused-ring (bicyclic) bond motifs is 2. The first kappa shape index (κ1) is 14.8. The number of nitrogens with one attached hydrogen (secondary N) is 1. The number of piperidine rings is 2. The molecular formula is C17H32N2O. The van der Waals surface area contributed by atoms with Crippen LogP contribution >= 0.6 is 0 Å². The van der Waals surface area contributed by atoms with Crippen LogP contribution < -0.4 is 5.32 Å². The maximum Gasteiger partial charge on any atom is 0.0655 e. The van der Waals surface area contributed by atoms with E-state index >= 15 is 0 Å². The van der Waals surface area contributed by atoms with E-state index in [0.29, 0.717) is 17.6 Å². The molecule has 3 rings (SSSR count). The summed E-state index contributed by atoms with van der Waals surface area (Å²) in [5.41, 5.74) is 0.300. The van der Waals surface area contributed by atoms with Gasteiger partial charge in [0.15, 0.2) is 0 Å². The average Bonchev–Trinajstić information content (AvgIpc) is 2.38. The predicted octanol–water partition coefficient (Wildman–Crippen LogP) is 2.79. The lowest BCUT2D eigenvalue weighted by Crippen LogP contribution is -2.65. The van der Waals surface area contributed by atoms with Crippen LogP contribution in [0.3, 0.4) is 0 Å². The van der Waals surface area contributed by atoms with Gasteiger partial charge in [0, 0.05) is 36.2 Å². The minimum absolute atomic E-state index is 0.300. The summed E-state index contributed by atoms with van der Waals surface area (Å²) in [5, 5.41) is 3.98. The molecule has 3 fully saturated rings. The summed E-state index contributed by atoms with van der Waals surface area (Å²) in [7, 11) is 2.34. The van der Waals surface area contributed by atoms with Crippen molar-refractivity contribution in [2.24, 2.45) is 5.41 Å². The molecule has 2 aliphatic heterocycles. The second-order valence-corrected chi connectivity index (χ2v) is 7.79. The van der Waals surface area contributed by atoms with Gasteiger partial charge in [-0.05, 0) is 46.1 Å². The zero-order valence-corrected chi connectivity index (χ0v) is 13.7. The van der Waals surface area contributed by atoms with Crippen molar-refractivity contribution in [1.82, 2.24) is 10.2 Å². The van der Waals surface area contributed by atoms with Crippen LogP contribution in [0.15, 0.2) is 0 Å². The van der Waals surface area contributed by atoms with Gasteiger partial charge in [0.05, 0.1) is 6.10 Å². The molecule has 1 N–H and O–H groups in total. The molecule has 0 aromatic carbocycles. The number of rotatable bonds is 4. The highest BCUT2D eigenvalue weighted by Gasteiger charge is 2.50. The van der Waals surface area contributed by atoms with Crippen molar-refractivity contribution in [3.8, 4) is 0 Å². The Morgan fingerprint density at radius 3 is 2.35 bits per heavy atom. The third-order valence-electron chi connectivity index (χ3n) is 6.32. The minimum Gasteiger partial charge on any atom is -0.378 e. The third-order valence-corrected chi connectivity index (χ3v) is 6.32. The highest BCUT2D eigenvalue weighted by molar-refractivity contribution is 5.05. The summed E-state index contributed by atoms with van der Waals surface area (Å²) in [5.74, 6) is 0. The Morgan fingerprint density at radius 2 is 1.80 bits per heavy atom. The van der Waals surface area contributed by atoms with E-state index in [-0.39, 0.29) is 0 Å². The molecule has 0 amide bonds. The van der Waals surface area contributed by atoms with E-state index in [1.807, 2.05) is 0 Å². The molecule has 1 saturated carbocycles. The SMILES string of the molecule is CCOC1CC(NC2CC3CCCC(C2)N3C)C1(C)C. The fraction of sp³-hybridized carbons (Fsp3) is 1.00. The van der Waals surface area contributed by atoms with Crippen molar-refractivity contribution >= 4 is 0 Å². The quantitative estimate of drug-likeness (QED) is 0.857. The van der Waals surface area contributed by atoms with E-state index in [1.165, 1.54) is 38.5 Å². The predicted molar refractivity (Wildman–Crippen MR) is 82.9 cm³/mol. The van der Waals surface area contributed by atoms with Gasteiger partial charge < -0.3 is 15.0 Å². The Labute approximate surface area is 124 Å². The smallest absolute Gasteiger partial charge is 0.0655 e. The number of hydrogen-bond acceptors (Lipinski definition) is 3. The van der Waals surface area contributed by atoms with Crippen molar-refractivity contribution in [3.63, 3.8) is 0 Å². The van der Waals surface area contributed by atoms with Crippen LogP contribution in [-0.4, -0.2) is 48.8 Å². The third kappa shape index (κ3) is 2.53. The Morgan fingerprint density at radius 1 is 1.15 bits per heavy atom. The zero-order valence-electron chi connectivity index (χ0n) is 13.7. The summed E-state index contributed by atoms with van der Waals surface area (Å²) in [6.45, 7) is 7.68. The van der Waals surface area contributed by atoms with Crippen LogP contribution in [0.1, 0.15) is 59.3 Å². The molecule has 4 atom stereocenters. The van der Waals surface area contributed by atoms with Crippen LogP contribution in [0, 0.1) is 5.41 Å². The van der Waals surface area contributed by atoms with Crippen LogP contribution in [0.25, 0.3) is 0 Å². The molecule has 4 unspecified atom stereocenters. The fourth-order valence-corrected chi connectivity index (χ4v) is 4.69. The van der Waals surface area contributed by atoms with E-state index in [0.717, 1.165) is 24.7 Å². The Balaban J connectivity index is 1.55. The summed E-state index contributed by atoms with van der Waals surface area (Å²) in [6.07, 6.45) is 8.59. The van der Waals surface area contributed by atoms with E-state index in [4.69, 9.17) is 4.74 Å². The zero-order chi connectivity index (χ0) is 14.3. The van der Waals surface area contributed by atoms with Crippen molar-refractivity contribution in [1.29, 1.82) is 0 Å². The Kier molecular flexibility index (Phi) is 4.13. The molecule has 2 bridgehead atoms. The maximum absolute atomic E-state index is 5.86. The van der Waals surface area contributed by atoms with Gasteiger partial charge in [-0.3, -0.25) is 0 Å². The van der Waals surface area contributed by atoms with E-state index in [9.17, 15) is 0 Å².